The second-order valence-corrected chi connectivity index (χ2v) is 7.11. The molecule has 0 aromatic heterocycles. The Balaban J connectivity index is 1.94. The summed E-state index contributed by atoms with van der Waals surface area (Å²) in [6.07, 6.45) is -0.0400. The van der Waals surface area contributed by atoms with Crippen LogP contribution in [-0.4, -0.2) is 41.3 Å². The second-order valence-electron chi connectivity index (χ2n) is 7.11. The van der Waals surface area contributed by atoms with E-state index in [4.69, 9.17) is 9.47 Å². The molecule has 1 saturated heterocycles. The topological polar surface area (TPSA) is 55.8 Å². The SMILES string of the molecule is Cc1ccc(C(=O)O[C@H]2C[C@@H](C)N(C(=O)OC(C)(C)C)C2)cc1. The predicted octanol–water partition coefficient (Wildman–Crippen LogP) is 3.55. The van der Waals surface area contributed by atoms with E-state index in [1.165, 1.54) is 0 Å². The van der Waals surface area contributed by atoms with Crippen molar-refractivity contribution in [3.63, 3.8) is 0 Å². The van der Waals surface area contributed by atoms with Gasteiger partial charge in [0.2, 0.25) is 0 Å². The standard InChI is InChI=1S/C18H25NO4/c1-12-6-8-14(9-7-12)16(20)22-15-10-13(2)19(11-15)17(21)23-18(3,4)5/h6-9,13,15H,10-11H2,1-5H3/t13-,15+/m1/s1. The number of hydrogen-bond acceptors (Lipinski definition) is 4. The third-order valence-corrected chi connectivity index (χ3v) is 3.73. The molecule has 2 rings (SSSR count). The third kappa shape index (κ3) is 4.71. The van der Waals surface area contributed by atoms with Crippen LogP contribution in [0.5, 0.6) is 0 Å². The van der Waals surface area contributed by atoms with Crippen LogP contribution in [0.25, 0.3) is 0 Å². The van der Waals surface area contributed by atoms with Gasteiger partial charge in [-0.25, -0.2) is 9.59 Å². The highest BCUT2D eigenvalue weighted by atomic mass is 16.6. The molecule has 0 aliphatic carbocycles. The monoisotopic (exact) mass is 319 g/mol. The molecule has 1 aromatic rings. The molecule has 0 unspecified atom stereocenters. The molecule has 5 heteroatoms. The molecular weight excluding hydrogens is 294 g/mol. The Hall–Kier alpha value is -2.04. The summed E-state index contributed by atoms with van der Waals surface area (Å²) in [4.78, 5) is 26.0. The number of amides is 1. The number of esters is 1. The Bertz CT molecular complexity index is 574. The lowest BCUT2D eigenvalue weighted by atomic mass is 10.1. The number of ether oxygens (including phenoxy) is 2. The van der Waals surface area contributed by atoms with Gasteiger partial charge in [-0.2, -0.15) is 0 Å². The summed E-state index contributed by atoms with van der Waals surface area (Å²) in [5.41, 5.74) is 1.08. The van der Waals surface area contributed by atoms with Gasteiger partial charge in [0.25, 0.3) is 0 Å². The lowest BCUT2D eigenvalue weighted by molar-refractivity contribution is 0.0166. The van der Waals surface area contributed by atoms with Crippen LogP contribution in [0.3, 0.4) is 0 Å². The average Bonchev–Trinajstić information content (AvgIpc) is 2.78. The predicted molar refractivity (Wildman–Crippen MR) is 87.4 cm³/mol. The molecule has 1 amide bonds. The van der Waals surface area contributed by atoms with Crippen LogP contribution in [0.1, 0.15) is 50.0 Å². The summed E-state index contributed by atoms with van der Waals surface area (Å²) in [6.45, 7) is 9.77. The van der Waals surface area contributed by atoms with Gasteiger partial charge in [0.1, 0.15) is 11.7 Å². The zero-order chi connectivity index (χ0) is 17.2. The van der Waals surface area contributed by atoms with E-state index in [1.807, 2.05) is 46.8 Å². The van der Waals surface area contributed by atoms with Crippen LogP contribution < -0.4 is 0 Å². The van der Waals surface area contributed by atoms with Gasteiger partial charge in [0.05, 0.1) is 12.1 Å². The van der Waals surface area contributed by atoms with Crippen molar-refractivity contribution in [2.45, 2.75) is 58.8 Å². The molecule has 0 bridgehead atoms. The maximum atomic E-state index is 12.2. The number of aryl methyl sites for hydroxylation is 1. The number of rotatable bonds is 2. The molecule has 5 nitrogen and oxygen atoms in total. The summed E-state index contributed by atoms with van der Waals surface area (Å²) in [6, 6.07) is 7.24. The van der Waals surface area contributed by atoms with Crippen molar-refractivity contribution in [2.75, 3.05) is 6.54 Å². The van der Waals surface area contributed by atoms with E-state index >= 15 is 0 Å². The number of carbonyl (C=O) groups is 2. The number of likely N-dealkylation sites (tertiary alicyclic amines) is 1. The zero-order valence-electron chi connectivity index (χ0n) is 14.5. The highest BCUT2D eigenvalue weighted by Crippen LogP contribution is 2.23. The van der Waals surface area contributed by atoms with Crippen molar-refractivity contribution in [1.29, 1.82) is 0 Å². The molecule has 1 heterocycles. The smallest absolute Gasteiger partial charge is 0.410 e. The molecule has 0 N–H and O–H groups in total. The minimum Gasteiger partial charge on any atom is -0.457 e. The number of hydrogen-bond donors (Lipinski definition) is 0. The second kappa shape index (κ2) is 6.60. The first-order valence-corrected chi connectivity index (χ1v) is 7.93. The molecule has 23 heavy (non-hydrogen) atoms. The number of benzene rings is 1. The molecule has 0 radical (unpaired) electrons. The van der Waals surface area contributed by atoms with Crippen molar-refractivity contribution in [1.82, 2.24) is 4.90 Å². The van der Waals surface area contributed by atoms with Gasteiger partial charge in [-0.15, -0.1) is 0 Å². The fraction of sp³-hybridized carbons (Fsp3) is 0.556. The molecule has 1 aliphatic heterocycles. The molecule has 1 aromatic carbocycles. The molecule has 0 saturated carbocycles. The van der Waals surface area contributed by atoms with E-state index in [1.54, 1.807) is 17.0 Å². The van der Waals surface area contributed by atoms with E-state index in [-0.39, 0.29) is 24.2 Å². The molecule has 2 atom stereocenters. The molecular formula is C18H25NO4. The number of carbonyl (C=O) groups excluding carboxylic acids is 2. The van der Waals surface area contributed by atoms with Crippen molar-refractivity contribution in [3.8, 4) is 0 Å². The largest absolute Gasteiger partial charge is 0.457 e. The fourth-order valence-electron chi connectivity index (χ4n) is 2.55. The first-order valence-electron chi connectivity index (χ1n) is 7.93. The Morgan fingerprint density at radius 3 is 2.35 bits per heavy atom. The quantitative estimate of drug-likeness (QED) is 0.782. The first-order chi connectivity index (χ1) is 10.7. The van der Waals surface area contributed by atoms with E-state index in [2.05, 4.69) is 0 Å². The molecule has 1 fully saturated rings. The average molecular weight is 319 g/mol. The van der Waals surface area contributed by atoms with Gasteiger partial charge >= 0.3 is 12.1 Å². The summed E-state index contributed by atoms with van der Waals surface area (Å²) < 4.78 is 10.9. The lowest BCUT2D eigenvalue weighted by Gasteiger charge is -2.26. The first kappa shape index (κ1) is 17.3. The zero-order valence-corrected chi connectivity index (χ0v) is 14.5. The molecule has 1 aliphatic rings. The highest BCUT2D eigenvalue weighted by molar-refractivity contribution is 5.89. The van der Waals surface area contributed by atoms with Crippen LogP contribution in [-0.2, 0) is 9.47 Å². The van der Waals surface area contributed by atoms with Gasteiger partial charge in [-0.3, -0.25) is 0 Å². The van der Waals surface area contributed by atoms with E-state index in [0.717, 1.165) is 5.56 Å². The Morgan fingerprint density at radius 2 is 1.78 bits per heavy atom. The Kier molecular flexibility index (Phi) is 4.97. The minimum absolute atomic E-state index is 0.0133. The maximum absolute atomic E-state index is 12.2. The van der Waals surface area contributed by atoms with Crippen LogP contribution >= 0.6 is 0 Å². The van der Waals surface area contributed by atoms with Gasteiger partial charge in [0.15, 0.2) is 0 Å². The van der Waals surface area contributed by atoms with E-state index in [9.17, 15) is 9.59 Å². The molecule has 126 valence electrons. The fourth-order valence-corrected chi connectivity index (χ4v) is 2.55. The summed E-state index contributed by atoms with van der Waals surface area (Å²) in [7, 11) is 0. The van der Waals surface area contributed by atoms with Gasteiger partial charge in [-0.1, -0.05) is 17.7 Å². The number of nitrogens with zero attached hydrogens (tertiary/aromatic N) is 1. The van der Waals surface area contributed by atoms with Crippen LogP contribution in [0.15, 0.2) is 24.3 Å². The Morgan fingerprint density at radius 1 is 1.17 bits per heavy atom. The Labute approximate surface area is 137 Å². The van der Waals surface area contributed by atoms with E-state index < -0.39 is 5.60 Å². The summed E-state index contributed by atoms with van der Waals surface area (Å²) in [5.74, 6) is -0.353. The summed E-state index contributed by atoms with van der Waals surface area (Å²) in [5, 5.41) is 0. The van der Waals surface area contributed by atoms with Gasteiger partial charge in [-0.05, 0) is 46.8 Å². The van der Waals surface area contributed by atoms with Gasteiger partial charge < -0.3 is 14.4 Å². The van der Waals surface area contributed by atoms with Crippen LogP contribution in [0.2, 0.25) is 0 Å². The third-order valence-electron chi connectivity index (χ3n) is 3.73. The van der Waals surface area contributed by atoms with Gasteiger partial charge in [0, 0.05) is 12.5 Å². The highest BCUT2D eigenvalue weighted by Gasteiger charge is 2.37. The van der Waals surface area contributed by atoms with E-state index in [0.29, 0.717) is 18.5 Å². The minimum atomic E-state index is -0.534. The molecule has 0 spiro atoms. The summed E-state index contributed by atoms with van der Waals surface area (Å²) >= 11 is 0. The maximum Gasteiger partial charge on any atom is 0.410 e. The normalized spacial score (nSPS) is 21.2. The lowest BCUT2D eigenvalue weighted by Crippen LogP contribution is -2.39. The van der Waals surface area contributed by atoms with Crippen molar-refractivity contribution >= 4 is 12.1 Å². The van der Waals surface area contributed by atoms with Crippen molar-refractivity contribution < 1.29 is 19.1 Å². The van der Waals surface area contributed by atoms with Crippen molar-refractivity contribution in [3.05, 3.63) is 35.4 Å². The van der Waals surface area contributed by atoms with Crippen molar-refractivity contribution in [2.24, 2.45) is 0 Å². The van der Waals surface area contributed by atoms with Crippen LogP contribution in [0.4, 0.5) is 4.79 Å². The van der Waals surface area contributed by atoms with Crippen LogP contribution in [0, 0.1) is 6.92 Å².